The molecule has 2 heterocycles. The molecule has 8 nitrogen and oxygen atoms in total. The van der Waals surface area contributed by atoms with E-state index in [1.165, 1.54) is 24.7 Å². The molecular formula is C29H28O8. The summed E-state index contributed by atoms with van der Waals surface area (Å²) in [5.41, 5.74) is -0.441. The number of cyclic esters (lactones) is 1. The Labute approximate surface area is 213 Å². The van der Waals surface area contributed by atoms with Crippen LogP contribution in [0.3, 0.4) is 0 Å². The Morgan fingerprint density at radius 3 is 2.54 bits per heavy atom. The highest BCUT2D eigenvalue weighted by Crippen LogP contribution is 2.64. The number of esters is 2. The Morgan fingerprint density at radius 2 is 1.86 bits per heavy atom. The molecule has 2 aromatic rings. The lowest BCUT2D eigenvalue weighted by molar-refractivity contribution is -0.198. The van der Waals surface area contributed by atoms with Crippen LogP contribution in [0, 0.1) is 28.6 Å². The number of ether oxygens (including phenoxy) is 2. The summed E-state index contributed by atoms with van der Waals surface area (Å²) in [7, 11) is 0. The molecule has 37 heavy (non-hydrogen) atoms. The predicted molar refractivity (Wildman–Crippen MR) is 130 cm³/mol. The maximum absolute atomic E-state index is 14.0. The number of carboxylic acid groups (broad SMARTS) is 1. The summed E-state index contributed by atoms with van der Waals surface area (Å²) in [6.07, 6.45) is 7.43. The standard InChI is InChI=1S/C29H28O8/c1-28-12-10-19-27(34)37-22(18-11-13-35-16-18)15-29(19,2)25(28)24(31)21(14-20(28)26(32)33)36-23(30)9-8-17-6-4-3-5-7-17/h3-9,11,13-14,16,19-20,22,25H,10,12,15H2,1-2H3,(H,32,33)/b9-8+. The maximum atomic E-state index is 14.0. The van der Waals surface area contributed by atoms with Gasteiger partial charge >= 0.3 is 17.9 Å². The van der Waals surface area contributed by atoms with Gasteiger partial charge in [0.2, 0.25) is 5.78 Å². The highest BCUT2D eigenvalue weighted by Gasteiger charge is 2.66. The molecule has 0 spiro atoms. The second-order valence-corrected chi connectivity index (χ2v) is 10.6. The molecule has 1 saturated heterocycles. The summed E-state index contributed by atoms with van der Waals surface area (Å²) in [5, 5.41) is 10.2. The Morgan fingerprint density at radius 1 is 1.11 bits per heavy atom. The largest absolute Gasteiger partial charge is 0.481 e. The molecule has 0 bridgehead atoms. The molecule has 1 N–H and O–H groups in total. The van der Waals surface area contributed by atoms with E-state index in [-0.39, 0.29) is 5.76 Å². The molecule has 192 valence electrons. The van der Waals surface area contributed by atoms with E-state index >= 15 is 0 Å². The second-order valence-electron chi connectivity index (χ2n) is 10.6. The van der Waals surface area contributed by atoms with Crippen molar-refractivity contribution < 1.29 is 38.2 Å². The van der Waals surface area contributed by atoms with Gasteiger partial charge in [0.25, 0.3) is 0 Å². The average molecular weight is 505 g/mol. The lowest BCUT2D eigenvalue weighted by Crippen LogP contribution is -2.61. The van der Waals surface area contributed by atoms with Gasteiger partial charge in [-0.3, -0.25) is 14.4 Å². The zero-order valence-electron chi connectivity index (χ0n) is 20.6. The number of benzene rings is 1. The van der Waals surface area contributed by atoms with E-state index < -0.39 is 58.4 Å². The highest BCUT2D eigenvalue weighted by molar-refractivity contribution is 6.02. The smallest absolute Gasteiger partial charge is 0.336 e. The molecular weight excluding hydrogens is 476 g/mol. The zero-order chi connectivity index (χ0) is 26.4. The predicted octanol–water partition coefficient (Wildman–Crippen LogP) is 4.73. The fourth-order valence-electron chi connectivity index (χ4n) is 6.65. The van der Waals surface area contributed by atoms with E-state index in [0.717, 1.165) is 5.56 Å². The third kappa shape index (κ3) is 4.20. The Balaban J connectivity index is 1.50. The van der Waals surface area contributed by atoms with Crippen molar-refractivity contribution in [3.63, 3.8) is 0 Å². The summed E-state index contributed by atoms with van der Waals surface area (Å²) < 4.78 is 16.3. The number of fused-ring (bicyclic) bond motifs is 3. The van der Waals surface area contributed by atoms with Crippen LogP contribution in [0.2, 0.25) is 0 Å². The first-order valence-corrected chi connectivity index (χ1v) is 12.3. The summed E-state index contributed by atoms with van der Waals surface area (Å²) in [5.74, 6) is -5.59. The minimum absolute atomic E-state index is 0.293. The molecule has 6 atom stereocenters. The molecule has 1 aromatic heterocycles. The van der Waals surface area contributed by atoms with Gasteiger partial charge in [-0.1, -0.05) is 44.2 Å². The Kier molecular flexibility index (Phi) is 6.14. The molecule has 5 rings (SSSR count). The van der Waals surface area contributed by atoms with E-state index in [2.05, 4.69) is 0 Å². The van der Waals surface area contributed by atoms with Crippen LogP contribution in [-0.4, -0.2) is 28.8 Å². The molecule has 1 aromatic carbocycles. The first-order chi connectivity index (χ1) is 17.6. The fraction of sp³-hybridized carbons (Fsp3) is 0.379. The van der Waals surface area contributed by atoms with Crippen LogP contribution >= 0.6 is 0 Å². The Bertz CT molecular complexity index is 1290. The Hall–Kier alpha value is -3.94. The van der Waals surface area contributed by atoms with Gasteiger partial charge in [0.15, 0.2) is 5.76 Å². The fourth-order valence-corrected chi connectivity index (χ4v) is 6.65. The van der Waals surface area contributed by atoms with Gasteiger partial charge in [0, 0.05) is 17.6 Å². The number of hydrogen-bond acceptors (Lipinski definition) is 7. The van der Waals surface area contributed by atoms with Gasteiger partial charge in [-0.25, -0.2) is 4.79 Å². The minimum Gasteiger partial charge on any atom is -0.481 e. The van der Waals surface area contributed by atoms with Crippen LogP contribution < -0.4 is 0 Å². The molecule has 2 aliphatic carbocycles. The van der Waals surface area contributed by atoms with E-state index in [1.807, 2.05) is 37.3 Å². The first-order valence-electron chi connectivity index (χ1n) is 12.3. The van der Waals surface area contributed by atoms with Gasteiger partial charge in [-0.15, -0.1) is 0 Å². The number of hydrogen-bond donors (Lipinski definition) is 1. The van der Waals surface area contributed by atoms with Gasteiger partial charge in [0.05, 0.1) is 24.4 Å². The lowest BCUT2D eigenvalue weighted by Gasteiger charge is -2.59. The van der Waals surface area contributed by atoms with Crippen molar-refractivity contribution in [3.8, 4) is 0 Å². The monoisotopic (exact) mass is 504 g/mol. The number of furan rings is 1. The van der Waals surface area contributed by atoms with Crippen LogP contribution in [0.5, 0.6) is 0 Å². The van der Waals surface area contributed by atoms with Crippen LogP contribution in [0.1, 0.15) is 50.3 Å². The molecule has 2 fully saturated rings. The topological polar surface area (TPSA) is 120 Å². The van der Waals surface area contributed by atoms with Crippen LogP contribution in [0.15, 0.2) is 71.3 Å². The second kappa shape index (κ2) is 9.18. The lowest BCUT2D eigenvalue weighted by atomic mass is 9.44. The number of aliphatic carboxylic acids is 1. The van der Waals surface area contributed by atoms with Gasteiger partial charge in [-0.2, -0.15) is 0 Å². The molecule has 1 saturated carbocycles. The molecule has 8 heteroatoms. The summed E-state index contributed by atoms with van der Waals surface area (Å²) in [6, 6.07) is 10.8. The number of carboxylic acids is 1. The van der Waals surface area contributed by atoms with Crippen molar-refractivity contribution >= 4 is 29.8 Å². The third-order valence-corrected chi connectivity index (χ3v) is 8.39. The average Bonchev–Trinajstić information content (AvgIpc) is 3.39. The van der Waals surface area contributed by atoms with E-state index in [4.69, 9.17) is 13.9 Å². The number of carbonyl (C=O) groups is 4. The first kappa shape index (κ1) is 24.7. The van der Waals surface area contributed by atoms with Crippen LogP contribution in [0.4, 0.5) is 0 Å². The van der Waals surface area contributed by atoms with Crippen molar-refractivity contribution in [2.24, 2.45) is 28.6 Å². The molecule has 3 aliphatic rings. The van der Waals surface area contributed by atoms with E-state index in [1.54, 1.807) is 19.1 Å². The quantitative estimate of drug-likeness (QED) is 0.458. The summed E-state index contributed by atoms with van der Waals surface area (Å²) >= 11 is 0. The zero-order valence-corrected chi connectivity index (χ0v) is 20.6. The van der Waals surface area contributed by atoms with Gasteiger partial charge in [-0.05, 0) is 53.9 Å². The number of ketones is 1. The van der Waals surface area contributed by atoms with E-state index in [0.29, 0.717) is 24.8 Å². The van der Waals surface area contributed by atoms with Crippen molar-refractivity contribution in [2.75, 3.05) is 0 Å². The number of rotatable bonds is 5. The SMILES string of the molecule is CC12CCC3C(=O)OC(c4ccoc4)CC3(C)C1C(=O)C(OC(=O)/C=C/c1ccccc1)=CC2C(=O)O. The molecule has 6 unspecified atom stereocenters. The van der Waals surface area contributed by atoms with Crippen molar-refractivity contribution in [1.29, 1.82) is 0 Å². The summed E-state index contributed by atoms with van der Waals surface area (Å²) in [6.45, 7) is 3.64. The van der Waals surface area contributed by atoms with Crippen LogP contribution in [0.25, 0.3) is 6.08 Å². The molecule has 0 amide bonds. The molecule has 1 aliphatic heterocycles. The van der Waals surface area contributed by atoms with E-state index in [9.17, 15) is 24.3 Å². The van der Waals surface area contributed by atoms with Gasteiger partial charge < -0.3 is 19.0 Å². The highest BCUT2D eigenvalue weighted by atomic mass is 16.5. The van der Waals surface area contributed by atoms with Crippen molar-refractivity contribution in [2.45, 2.75) is 39.2 Å². The number of allylic oxidation sites excluding steroid dienone is 1. The van der Waals surface area contributed by atoms with Crippen molar-refractivity contribution in [1.82, 2.24) is 0 Å². The summed E-state index contributed by atoms with van der Waals surface area (Å²) in [4.78, 5) is 52.2. The van der Waals surface area contributed by atoms with Gasteiger partial charge in [0.1, 0.15) is 6.10 Å². The van der Waals surface area contributed by atoms with Crippen LogP contribution in [-0.2, 0) is 28.7 Å². The number of Topliss-reactive ketones (excluding diaryl/α,β-unsaturated/α-hetero) is 1. The minimum atomic E-state index is -1.11. The normalized spacial score (nSPS) is 33.2. The third-order valence-electron chi connectivity index (χ3n) is 8.39. The van der Waals surface area contributed by atoms with Crippen molar-refractivity contribution in [3.05, 3.63) is 78.0 Å². The maximum Gasteiger partial charge on any atom is 0.336 e. The molecule has 0 radical (unpaired) electrons. The number of carbonyl (C=O) groups excluding carboxylic acids is 3.